The fraction of sp³-hybridized carbons (Fsp3) is 0.455. The first-order valence-electron chi connectivity index (χ1n) is 4.62. The molecule has 0 fully saturated rings. The van der Waals surface area contributed by atoms with Crippen LogP contribution < -0.4 is 10.5 Å². The molecule has 0 saturated heterocycles. The largest absolute Gasteiger partial charge is 0.496 e. The lowest BCUT2D eigenvalue weighted by Gasteiger charge is -2.07. The number of hydrogen-bond donors (Lipinski definition) is 1. The predicted octanol–water partition coefficient (Wildman–Crippen LogP) is 1.43. The van der Waals surface area contributed by atoms with Crippen LogP contribution in [0.1, 0.15) is 16.7 Å². The van der Waals surface area contributed by atoms with Gasteiger partial charge in [0.05, 0.1) is 7.11 Å². The van der Waals surface area contributed by atoms with Gasteiger partial charge in [0.15, 0.2) is 0 Å². The summed E-state index contributed by atoms with van der Waals surface area (Å²) in [6.07, 6.45) is 2.01. The van der Waals surface area contributed by atoms with E-state index in [-0.39, 0.29) is 0 Å². The van der Waals surface area contributed by atoms with Crippen LogP contribution in [0.4, 0.5) is 0 Å². The quantitative estimate of drug-likeness (QED) is 0.704. The Labute approximate surface area is 78.7 Å². The third-order valence-electron chi connectivity index (χ3n) is 2.68. The second-order valence-corrected chi connectivity index (χ2v) is 3.76. The van der Waals surface area contributed by atoms with Gasteiger partial charge in [0.2, 0.25) is 0 Å². The number of ether oxygens (including phenoxy) is 1. The van der Waals surface area contributed by atoms with Gasteiger partial charge >= 0.3 is 0 Å². The molecule has 0 heterocycles. The van der Waals surface area contributed by atoms with Crippen LogP contribution in [0.5, 0.6) is 5.75 Å². The molecule has 70 valence electrons. The fourth-order valence-corrected chi connectivity index (χ4v) is 2.03. The SMILES string of the molecule is COc1cc2c(cc1C)C[C@@H](N)C2. The molecule has 2 N–H and O–H groups in total. The Morgan fingerprint density at radius 2 is 1.92 bits per heavy atom. The fourth-order valence-electron chi connectivity index (χ4n) is 2.03. The molecular weight excluding hydrogens is 162 g/mol. The van der Waals surface area contributed by atoms with Crippen molar-refractivity contribution in [3.63, 3.8) is 0 Å². The van der Waals surface area contributed by atoms with Crippen molar-refractivity contribution in [2.75, 3.05) is 7.11 Å². The minimum atomic E-state index is 0.307. The molecule has 1 aromatic carbocycles. The van der Waals surface area contributed by atoms with E-state index >= 15 is 0 Å². The van der Waals surface area contributed by atoms with Crippen molar-refractivity contribution < 1.29 is 4.74 Å². The van der Waals surface area contributed by atoms with Gasteiger partial charge in [0, 0.05) is 6.04 Å². The van der Waals surface area contributed by atoms with Gasteiger partial charge in [-0.1, -0.05) is 6.07 Å². The summed E-state index contributed by atoms with van der Waals surface area (Å²) in [5, 5.41) is 0. The van der Waals surface area contributed by atoms with Gasteiger partial charge in [-0.2, -0.15) is 0 Å². The Morgan fingerprint density at radius 3 is 2.54 bits per heavy atom. The number of rotatable bonds is 1. The lowest BCUT2D eigenvalue weighted by Crippen LogP contribution is -2.18. The van der Waals surface area contributed by atoms with Crippen molar-refractivity contribution in [3.8, 4) is 5.75 Å². The molecule has 0 aliphatic heterocycles. The van der Waals surface area contributed by atoms with Crippen molar-refractivity contribution in [1.29, 1.82) is 0 Å². The van der Waals surface area contributed by atoms with E-state index < -0.39 is 0 Å². The smallest absolute Gasteiger partial charge is 0.122 e. The second kappa shape index (κ2) is 3.04. The molecule has 2 rings (SSSR count). The molecule has 0 unspecified atom stereocenters. The van der Waals surface area contributed by atoms with Crippen LogP contribution in [0.25, 0.3) is 0 Å². The Kier molecular flexibility index (Phi) is 2.00. The zero-order chi connectivity index (χ0) is 9.42. The highest BCUT2D eigenvalue weighted by Crippen LogP contribution is 2.28. The van der Waals surface area contributed by atoms with E-state index in [4.69, 9.17) is 10.5 Å². The lowest BCUT2D eigenvalue weighted by molar-refractivity contribution is 0.411. The van der Waals surface area contributed by atoms with Gasteiger partial charge in [-0.15, -0.1) is 0 Å². The van der Waals surface area contributed by atoms with Crippen molar-refractivity contribution >= 4 is 0 Å². The molecule has 0 saturated carbocycles. The highest BCUT2D eigenvalue weighted by atomic mass is 16.5. The van der Waals surface area contributed by atoms with Crippen LogP contribution in [0.2, 0.25) is 0 Å². The summed E-state index contributed by atoms with van der Waals surface area (Å²) in [5.74, 6) is 0.979. The highest BCUT2D eigenvalue weighted by molar-refractivity contribution is 5.45. The average molecular weight is 177 g/mol. The summed E-state index contributed by atoms with van der Waals surface area (Å²) in [7, 11) is 1.71. The summed E-state index contributed by atoms with van der Waals surface area (Å²) < 4.78 is 5.26. The molecule has 2 nitrogen and oxygen atoms in total. The molecule has 0 aromatic heterocycles. The van der Waals surface area contributed by atoms with Crippen LogP contribution >= 0.6 is 0 Å². The molecule has 1 atom stereocenters. The van der Waals surface area contributed by atoms with Crippen molar-refractivity contribution in [3.05, 3.63) is 28.8 Å². The standard InChI is InChI=1S/C11H15NO/c1-7-3-8-4-10(12)5-9(8)6-11(7)13-2/h3,6,10H,4-5,12H2,1-2H3/t10-/m1/s1. The summed E-state index contributed by atoms with van der Waals surface area (Å²) in [6, 6.07) is 4.62. The molecule has 2 heteroatoms. The molecule has 1 aliphatic rings. The van der Waals surface area contributed by atoms with E-state index in [0.717, 1.165) is 18.6 Å². The number of aryl methyl sites for hydroxylation is 1. The summed E-state index contributed by atoms with van der Waals surface area (Å²) in [4.78, 5) is 0. The van der Waals surface area contributed by atoms with Crippen molar-refractivity contribution in [1.82, 2.24) is 0 Å². The van der Waals surface area contributed by atoms with Gasteiger partial charge in [-0.3, -0.25) is 0 Å². The van der Waals surface area contributed by atoms with Crippen LogP contribution in [0.3, 0.4) is 0 Å². The average Bonchev–Trinajstić information content (AvgIpc) is 2.42. The Morgan fingerprint density at radius 1 is 1.31 bits per heavy atom. The monoisotopic (exact) mass is 177 g/mol. The Bertz CT molecular complexity index is 333. The van der Waals surface area contributed by atoms with Crippen LogP contribution in [-0.2, 0) is 12.8 Å². The van der Waals surface area contributed by atoms with Crippen molar-refractivity contribution in [2.45, 2.75) is 25.8 Å². The van der Waals surface area contributed by atoms with Gasteiger partial charge < -0.3 is 10.5 Å². The molecule has 1 aliphatic carbocycles. The van der Waals surface area contributed by atoms with Gasteiger partial charge in [0.1, 0.15) is 5.75 Å². The van der Waals surface area contributed by atoms with E-state index in [1.807, 2.05) is 0 Å². The molecule has 0 spiro atoms. The molecule has 0 amide bonds. The first-order chi connectivity index (χ1) is 6.20. The zero-order valence-corrected chi connectivity index (χ0v) is 8.13. The minimum absolute atomic E-state index is 0.307. The maximum atomic E-state index is 5.89. The normalized spacial score (nSPS) is 20.1. The maximum Gasteiger partial charge on any atom is 0.122 e. The van der Waals surface area contributed by atoms with Gasteiger partial charge in [0.25, 0.3) is 0 Å². The molecule has 1 aromatic rings. The summed E-state index contributed by atoms with van der Waals surface area (Å²) in [6.45, 7) is 2.07. The molecule has 0 bridgehead atoms. The van der Waals surface area contributed by atoms with Gasteiger partial charge in [-0.25, -0.2) is 0 Å². The molecule has 13 heavy (non-hydrogen) atoms. The summed E-state index contributed by atoms with van der Waals surface area (Å²) >= 11 is 0. The Hall–Kier alpha value is -1.02. The first kappa shape index (κ1) is 8.57. The third kappa shape index (κ3) is 1.42. The van der Waals surface area contributed by atoms with E-state index in [1.54, 1.807) is 7.11 Å². The minimum Gasteiger partial charge on any atom is -0.496 e. The summed E-state index contributed by atoms with van der Waals surface area (Å²) in [5.41, 5.74) is 9.84. The number of benzene rings is 1. The van der Waals surface area contributed by atoms with E-state index in [1.165, 1.54) is 16.7 Å². The van der Waals surface area contributed by atoms with E-state index in [9.17, 15) is 0 Å². The van der Waals surface area contributed by atoms with Crippen LogP contribution in [0, 0.1) is 6.92 Å². The van der Waals surface area contributed by atoms with E-state index in [0.29, 0.717) is 6.04 Å². The number of methoxy groups -OCH3 is 1. The van der Waals surface area contributed by atoms with Crippen LogP contribution in [0.15, 0.2) is 12.1 Å². The Balaban J connectivity index is 2.44. The third-order valence-corrected chi connectivity index (χ3v) is 2.68. The number of fused-ring (bicyclic) bond motifs is 1. The van der Waals surface area contributed by atoms with Crippen molar-refractivity contribution in [2.24, 2.45) is 5.73 Å². The first-order valence-corrected chi connectivity index (χ1v) is 4.62. The van der Waals surface area contributed by atoms with Gasteiger partial charge in [-0.05, 0) is 42.5 Å². The topological polar surface area (TPSA) is 35.2 Å². The van der Waals surface area contributed by atoms with Crippen LogP contribution in [-0.4, -0.2) is 13.2 Å². The maximum absolute atomic E-state index is 5.89. The second-order valence-electron chi connectivity index (χ2n) is 3.76. The lowest BCUT2D eigenvalue weighted by atomic mass is 10.1. The number of nitrogens with two attached hydrogens (primary N) is 1. The number of hydrogen-bond acceptors (Lipinski definition) is 2. The highest BCUT2D eigenvalue weighted by Gasteiger charge is 2.19. The zero-order valence-electron chi connectivity index (χ0n) is 8.13. The van der Waals surface area contributed by atoms with E-state index in [2.05, 4.69) is 19.1 Å². The molecule has 0 radical (unpaired) electrons. The molecular formula is C11H15NO. The predicted molar refractivity (Wildman–Crippen MR) is 53.1 cm³/mol.